The average molecular weight is 459 g/mol. The highest BCUT2D eigenvalue weighted by molar-refractivity contribution is 9.10. The number of benzene rings is 2. The normalized spacial score (nSPS) is 11.5. The number of aliphatic hydroxyl groups excluding tert-OH is 1. The molecule has 1 heterocycles. The van der Waals surface area contributed by atoms with Gasteiger partial charge in [-0.25, -0.2) is 0 Å². The minimum atomic E-state index is -1.38. The van der Waals surface area contributed by atoms with Gasteiger partial charge in [0.2, 0.25) is 4.73 Å². The summed E-state index contributed by atoms with van der Waals surface area (Å²) in [4.78, 5) is 0. The Morgan fingerprint density at radius 3 is 2.52 bits per heavy atom. The Hall–Kier alpha value is -0.930. The molecule has 1 aromatic heterocycles. The van der Waals surface area contributed by atoms with Gasteiger partial charge in [-0.15, -0.1) is 10.2 Å². The summed E-state index contributed by atoms with van der Waals surface area (Å²) in [6, 6.07) is 12.3. The molecule has 0 aliphatic heterocycles. The highest BCUT2D eigenvalue weighted by atomic mass is 79.9. The average Bonchev–Trinajstić information content (AvgIpc) is 2.89. The quantitative estimate of drug-likeness (QED) is 0.452. The van der Waals surface area contributed by atoms with Crippen LogP contribution in [0.5, 0.6) is 0 Å². The van der Waals surface area contributed by atoms with Gasteiger partial charge in [0.1, 0.15) is 0 Å². The highest BCUT2D eigenvalue weighted by Gasteiger charge is 2.14. The molecule has 0 fully saturated rings. The van der Waals surface area contributed by atoms with Crippen molar-refractivity contribution in [1.29, 1.82) is 0 Å². The van der Waals surface area contributed by atoms with Crippen LogP contribution in [0, 0.1) is 0 Å². The van der Waals surface area contributed by atoms with Gasteiger partial charge in [-0.2, -0.15) is 0 Å². The lowest BCUT2D eigenvalue weighted by Crippen LogP contribution is -2.09. The van der Waals surface area contributed by atoms with Crippen LogP contribution < -0.4 is 0 Å². The number of halogens is 2. The van der Waals surface area contributed by atoms with Gasteiger partial charge in [0.05, 0.1) is 12.3 Å². The van der Waals surface area contributed by atoms with E-state index in [1.807, 2.05) is 22.8 Å². The fourth-order valence-corrected chi connectivity index (χ4v) is 3.96. The van der Waals surface area contributed by atoms with Gasteiger partial charge in [0.25, 0.3) is 0 Å². The molecule has 3 aromatic rings. The molecule has 0 saturated carbocycles. The van der Waals surface area contributed by atoms with Gasteiger partial charge in [0.15, 0.2) is 11.4 Å². The minimum absolute atomic E-state index is 0.145. The second kappa shape index (κ2) is 7.31. The van der Waals surface area contributed by atoms with Crippen molar-refractivity contribution in [1.82, 2.24) is 14.8 Å². The number of rotatable bonds is 5. The Bertz CT molecular complexity index is 839. The SMILES string of the molecule is OC(O)CSc1nnc(Br)n1Cc1ccc(Br)c2ccccc12. The summed E-state index contributed by atoms with van der Waals surface area (Å²) in [5.74, 6) is 0.145. The number of hydrogen-bond acceptors (Lipinski definition) is 5. The van der Waals surface area contributed by atoms with Crippen molar-refractivity contribution in [3.63, 3.8) is 0 Å². The molecule has 0 atom stereocenters. The standard InChI is InChI=1S/C15H13Br2N3O2S/c16-12-6-5-9(10-3-1-2-4-11(10)12)7-20-14(17)18-19-15(20)23-8-13(21)22/h1-6,13,21-22H,7-8H2. The molecule has 5 nitrogen and oxygen atoms in total. The molecule has 0 spiro atoms. The van der Waals surface area contributed by atoms with E-state index in [0.29, 0.717) is 16.4 Å². The molecular formula is C15H13Br2N3O2S. The molecule has 0 aliphatic rings. The molecule has 0 amide bonds. The van der Waals surface area contributed by atoms with Crippen LogP contribution in [0.25, 0.3) is 10.8 Å². The zero-order valence-corrected chi connectivity index (χ0v) is 15.8. The number of fused-ring (bicyclic) bond motifs is 1. The van der Waals surface area contributed by atoms with Crippen molar-refractivity contribution in [2.75, 3.05) is 5.75 Å². The minimum Gasteiger partial charge on any atom is -0.367 e. The van der Waals surface area contributed by atoms with E-state index in [0.717, 1.165) is 20.8 Å². The predicted octanol–water partition coefficient (Wildman–Crippen LogP) is 3.41. The fraction of sp³-hybridized carbons (Fsp3) is 0.200. The van der Waals surface area contributed by atoms with E-state index < -0.39 is 6.29 Å². The van der Waals surface area contributed by atoms with Crippen molar-refractivity contribution in [2.45, 2.75) is 18.0 Å². The number of aliphatic hydroxyl groups is 2. The van der Waals surface area contributed by atoms with Gasteiger partial charge < -0.3 is 10.2 Å². The molecule has 120 valence electrons. The Balaban J connectivity index is 1.97. The second-order valence-electron chi connectivity index (χ2n) is 4.88. The first kappa shape index (κ1) is 16.9. The molecule has 3 rings (SSSR count). The van der Waals surface area contributed by atoms with Crippen LogP contribution in [0.2, 0.25) is 0 Å². The highest BCUT2D eigenvalue weighted by Crippen LogP contribution is 2.29. The zero-order chi connectivity index (χ0) is 16.4. The van der Waals surface area contributed by atoms with Gasteiger partial charge >= 0.3 is 0 Å². The Morgan fingerprint density at radius 1 is 1.04 bits per heavy atom. The van der Waals surface area contributed by atoms with Crippen molar-refractivity contribution in [3.05, 3.63) is 51.2 Å². The second-order valence-corrected chi connectivity index (χ2v) is 7.43. The third-order valence-electron chi connectivity index (χ3n) is 3.32. The summed E-state index contributed by atoms with van der Waals surface area (Å²) in [5, 5.41) is 29.1. The molecule has 0 bridgehead atoms. The van der Waals surface area contributed by atoms with E-state index in [9.17, 15) is 0 Å². The molecule has 8 heteroatoms. The zero-order valence-electron chi connectivity index (χ0n) is 11.9. The van der Waals surface area contributed by atoms with Gasteiger partial charge in [0, 0.05) is 4.47 Å². The molecule has 0 radical (unpaired) electrons. The number of thioether (sulfide) groups is 1. The number of hydrogen-bond donors (Lipinski definition) is 2. The first-order chi connectivity index (χ1) is 11.1. The topological polar surface area (TPSA) is 71.2 Å². The van der Waals surface area contributed by atoms with Crippen LogP contribution >= 0.6 is 43.6 Å². The van der Waals surface area contributed by atoms with Gasteiger partial charge in [-0.3, -0.25) is 4.57 Å². The Morgan fingerprint density at radius 2 is 1.78 bits per heavy atom. The lowest BCUT2D eigenvalue weighted by Gasteiger charge is -2.11. The first-order valence-electron chi connectivity index (χ1n) is 6.80. The lowest BCUT2D eigenvalue weighted by molar-refractivity contribution is -0.0187. The first-order valence-corrected chi connectivity index (χ1v) is 9.37. The van der Waals surface area contributed by atoms with Gasteiger partial charge in [-0.05, 0) is 38.3 Å². The van der Waals surface area contributed by atoms with E-state index in [1.165, 1.54) is 11.8 Å². The smallest absolute Gasteiger partial charge is 0.201 e. The van der Waals surface area contributed by atoms with Crippen LogP contribution in [0.1, 0.15) is 5.56 Å². The summed E-state index contributed by atoms with van der Waals surface area (Å²) in [5.41, 5.74) is 1.13. The summed E-state index contributed by atoms with van der Waals surface area (Å²) in [7, 11) is 0. The molecule has 2 aromatic carbocycles. The number of nitrogens with zero attached hydrogens (tertiary/aromatic N) is 3. The molecule has 0 saturated heterocycles. The monoisotopic (exact) mass is 457 g/mol. The Kier molecular flexibility index (Phi) is 5.38. The molecule has 23 heavy (non-hydrogen) atoms. The van der Waals surface area contributed by atoms with E-state index in [-0.39, 0.29) is 5.75 Å². The summed E-state index contributed by atoms with van der Waals surface area (Å²) >= 11 is 8.23. The van der Waals surface area contributed by atoms with Crippen LogP contribution in [0.15, 0.2) is 50.8 Å². The van der Waals surface area contributed by atoms with E-state index in [4.69, 9.17) is 10.2 Å². The van der Waals surface area contributed by atoms with Crippen LogP contribution in [-0.4, -0.2) is 37.0 Å². The molecular weight excluding hydrogens is 446 g/mol. The molecule has 0 unspecified atom stereocenters. The largest absolute Gasteiger partial charge is 0.367 e. The maximum absolute atomic E-state index is 9.03. The Labute approximate surface area is 154 Å². The van der Waals surface area contributed by atoms with Crippen molar-refractivity contribution < 1.29 is 10.2 Å². The van der Waals surface area contributed by atoms with E-state index in [1.54, 1.807) is 0 Å². The molecule has 2 N–H and O–H groups in total. The van der Waals surface area contributed by atoms with Gasteiger partial charge in [-0.1, -0.05) is 58.0 Å². The van der Waals surface area contributed by atoms with Crippen molar-refractivity contribution >= 4 is 54.4 Å². The fourth-order valence-electron chi connectivity index (χ4n) is 2.29. The predicted molar refractivity (Wildman–Crippen MR) is 97.4 cm³/mol. The number of aromatic nitrogens is 3. The van der Waals surface area contributed by atoms with E-state index in [2.05, 4.69) is 60.3 Å². The van der Waals surface area contributed by atoms with Crippen molar-refractivity contribution in [3.8, 4) is 0 Å². The maximum atomic E-state index is 9.03. The molecule has 0 aliphatic carbocycles. The van der Waals surface area contributed by atoms with Crippen LogP contribution in [0.4, 0.5) is 0 Å². The van der Waals surface area contributed by atoms with Crippen LogP contribution in [-0.2, 0) is 6.54 Å². The third kappa shape index (κ3) is 3.77. The maximum Gasteiger partial charge on any atom is 0.201 e. The summed E-state index contributed by atoms with van der Waals surface area (Å²) in [6.45, 7) is 0.589. The summed E-state index contributed by atoms with van der Waals surface area (Å²) in [6.07, 6.45) is -1.38. The van der Waals surface area contributed by atoms with E-state index >= 15 is 0 Å². The third-order valence-corrected chi connectivity index (χ3v) is 5.63. The lowest BCUT2D eigenvalue weighted by atomic mass is 10.0. The van der Waals surface area contributed by atoms with Crippen molar-refractivity contribution in [2.24, 2.45) is 0 Å². The summed E-state index contributed by atoms with van der Waals surface area (Å²) < 4.78 is 3.57. The van der Waals surface area contributed by atoms with Crippen LogP contribution in [0.3, 0.4) is 0 Å².